The highest BCUT2D eigenvalue weighted by molar-refractivity contribution is 9.10. The standard InChI is InChI=1S/C24H26BrNO4/c1-14-10-19(27)18(13-26-9-5-4-6-15(26)2)24-22(14)23(28)21(30-24)12-16-11-17(25)7-8-20(16)29-3/h7-8,10-12,15,27H,4-6,9,13H2,1-3H3/b21-12-. The minimum atomic E-state index is -0.169. The molecule has 2 heterocycles. The van der Waals surface area contributed by atoms with Crippen LogP contribution in [-0.4, -0.2) is 35.5 Å². The molecule has 6 heteroatoms. The third-order valence-electron chi connectivity index (χ3n) is 6.00. The molecule has 0 aliphatic carbocycles. The summed E-state index contributed by atoms with van der Waals surface area (Å²) in [6, 6.07) is 7.71. The first-order valence-electron chi connectivity index (χ1n) is 10.3. The molecule has 0 saturated carbocycles. The Kier molecular flexibility index (Phi) is 5.89. The van der Waals surface area contributed by atoms with Crippen molar-refractivity contribution >= 4 is 27.8 Å². The van der Waals surface area contributed by atoms with E-state index in [-0.39, 0.29) is 17.3 Å². The van der Waals surface area contributed by atoms with Crippen LogP contribution in [0.4, 0.5) is 0 Å². The third-order valence-corrected chi connectivity index (χ3v) is 6.49. The second kappa shape index (κ2) is 8.44. The first kappa shape index (κ1) is 20.9. The van der Waals surface area contributed by atoms with Crippen LogP contribution in [0.25, 0.3) is 6.08 Å². The topological polar surface area (TPSA) is 59.0 Å². The Morgan fingerprint density at radius 3 is 2.87 bits per heavy atom. The lowest BCUT2D eigenvalue weighted by Gasteiger charge is -2.33. The Balaban J connectivity index is 1.73. The summed E-state index contributed by atoms with van der Waals surface area (Å²) in [6.45, 7) is 5.59. The summed E-state index contributed by atoms with van der Waals surface area (Å²) >= 11 is 3.46. The second-order valence-corrected chi connectivity index (χ2v) is 8.95. The summed E-state index contributed by atoms with van der Waals surface area (Å²) in [4.78, 5) is 15.5. The summed E-state index contributed by atoms with van der Waals surface area (Å²) < 4.78 is 12.4. The minimum absolute atomic E-state index is 0.169. The van der Waals surface area contributed by atoms with Gasteiger partial charge < -0.3 is 14.6 Å². The van der Waals surface area contributed by atoms with Crippen LogP contribution in [-0.2, 0) is 6.54 Å². The fourth-order valence-electron chi connectivity index (χ4n) is 4.29. The van der Waals surface area contributed by atoms with Crippen molar-refractivity contribution in [1.29, 1.82) is 0 Å². The van der Waals surface area contributed by atoms with E-state index < -0.39 is 0 Å². The quantitative estimate of drug-likeness (QED) is 0.599. The van der Waals surface area contributed by atoms with Gasteiger partial charge >= 0.3 is 0 Å². The average Bonchev–Trinajstić information content (AvgIpc) is 3.03. The third kappa shape index (κ3) is 3.86. The van der Waals surface area contributed by atoms with Crippen LogP contribution in [0.15, 0.2) is 34.5 Å². The summed E-state index contributed by atoms with van der Waals surface area (Å²) in [5.74, 6) is 1.38. The Morgan fingerprint density at radius 2 is 2.13 bits per heavy atom. The molecule has 0 bridgehead atoms. The SMILES string of the molecule is COc1ccc(Br)cc1/C=C1\Oc2c(CN3CCCCC3C)c(O)cc(C)c2C1=O. The summed E-state index contributed by atoms with van der Waals surface area (Å²) in [7, 11) is 1.59. The van der Waals surface area contributed by atoms with Crippen molar-refractivity contribution in [2.75, 3.05) is 13.7 Å². The molecule has 1 saturated heterocycles. The van der Waals surface area contributed by atoms with Gasteiger partial charge in [-0.25, -0.2) is 0 Å². The van der Waals surface area contributed by atoms with Gasteiger partial charge in [-0.05, 0) is 69.1 Å². The zero-order chi connectivity index (χ0) is 21.4. The van der Waals surface area contributed by atoms with Crippen LogP contribution in [0.3, 0.4) is 0 Å². The number of carbonyl (C=O) groups excluding carboxylic acids is 1. The van der Waals surface area contributed by atoms with Crippen molar-refractivity contribution in [3.8, 4) is 17.2 Å². The number of fused-ring (bicyclic) bond motifs is 1. The number of aryl methyl sites for hydroxylation is 1. The Bertz CT molecular complexity index is 1030. The highest BCUT2D eigenvalue weighted by Crippen LogP contribution is 2.43. The number of piperidine rings is 1. The van der Waals surface area contributed by atoms with Gasteiger partial charge in [0.25, 0.3) is 0 Å². The molecule has 5 nitrogen and oxygen atoms in total. The second-order valence-electron chi connectivity index (χ2n) is 8.04. The van der Waals surface area contributed by atoms with Crippen LogP contribution in [0, 0.1) is 6.92 Å². The molecule has 0 amide bonds. The van der Waals surface area contributed by atoms with E-state index in [0.29, 0.717) is 40.8 Å². The largest absolute Gasteiger partial charge is 0.507 e. The molecule has 2 aromatic carbocycles. The predicted molar refractivity (Wildman–Crippen MR) is 120 cm³/mol. The van der Waals surface area contributed by atoms with Gasteiger partial charge in [-0.15, -0.1) is 0 Å². The number of rotatable bonds is 4. The van der Waals surface area contributed by atoms with E-state index in [2.05, 4.69) is 27.8 Å². The number of nitrogens with zero attached hydrogens (tertiary/aromatic N) is 1. The van der Waals surface area contributed by atoms with Gasteiger partial charge in [-0.2, -0.15) is 0 Å². The molecule has 2 aliphatic rings. The molecule has 0 radical (unpaired) electrons. The number of aromatic hydroxyl groups is 1. The molecule has 0 aromatic heterocycles. The molecule has 30 heavy (non-hydrogen) atoms. The van der Waals surface area contributed by atoms with E-state index in [4.69, 9.17) is 9.47 Å². The summed E-state index contributed by atoms with van der Waals surface area (Å²) in [6.07, 6.45) is 5.22. The van der Waals surface area contributed by atoms with Gasteiger partial charge in [0.15, 0.2) is 5.76 Å². The summed E-state index contributed by atoms with van der Waals surface area (Å²) in [5.41, 5.74) is 2.68. The van der Waals surface area contributed by atoms with Crippen LogP contribution in [0.1, 0.15) is 53.2 Å². The van der Waals surface area contributed by atoms with Crippen LogP contribution in [0.5, 0.6) is 17.2 Å². The van der Waals surface area contributed by atoms with Gasteiger partial charge in [0, 0.05) is 22.6 Å². The zero-order valence-corrected chi connectivity index (χ0v) is 19.1. The number of benzene rings is 2. The number of ketones is 1. The van der Waals surface area contributed by atoms with Crippen molar-refractivity contribution in [2.45, 2.75) is 45.7 Å². The van der Waals surface area contributed by atoms with Crippen molar-refractivity contribution in [1.82, 2.24) is 4.90 Å². The van der Waals surface area contributed by atoms with Crippen molar-refractivity contribution in [2.24, 2.45) is 0 Å². The number of halogens is 1. The predicted octanol–water partition coefficient (Wildman–Crippen LogP) is 5.46. The smallest absolute Gasteiger partial charge is 0.232 e. The Labute approximate surface area is 185 Å². The number of phenols is 1. The van der Waals surface area contributed by atoms with Crippen molar-refractivity contribution in [3.63, 3.8) is 0 Å². The maximum atomic E-state index is 13.2. The molecule has 0 spiro atoms. The van der Waals surface area contributed by atoms with Crippen molar-refractivity contribution < 1.29 is 19.4 Å². The molecule has 158 valence electrons. The molecule has 1 atom stereocenters. The molecular weight excluding hydrogens is 446 g/mol. The molecule has 1 N–H and O–H groups in total. The van der Waals surface area contributed by atoms with E-state index in [9.17, 15) is 9.90 Å². The van der Waals surface area contributed by atoms with E-state index in [0.717, 1.165) is 29.4 Å². The van der Waals surface area contributed by atoms with Gasteiger partial charge in [0.2, 0.25) is 5.78 Å². The number of allylic oxidation sites excluding steroid dienone is 1. The van der Waals surface area contributed by atoms with Crippen molar-refractivity contribution in [3.05, 3.63) is 56.8 Å². The number of carbonyl (C=O) groups is 1. The first-order chi connectivity index (χ1) is 14.4. The van der Waals surface area contributed by atoms with E-state index in [1.807, 2.05) is 25.1 Å². The minimum Gasteiger partial charge on any atom is -0.507 e. The molecule has 2 aliphatic heterocycles. The van der Waals surface area contributed by atoms with E-state index in [1.165, 1.54) is 6.42 Å². The van der Waals surface area contributed by atoms with Crippen LogP contribution >= 0.6 is 15.9 Å². The highest BCUT2D eigenvalue weighted by atomic mass is 79.9. The monoisotopic (exact) mass is 471 g/mol. The highest BCUT2D eigenvalue weighted by Gasteiger charge is 2.34. The lowest BCUT2D eigenvalue weighted by Crippen LogP contribution is -2.36. The van der Waals surface area contributed by atoms with Crippen LogP contribution < -0.4 is 9.47 Å². The number of hydrogen-bond donors (Lipinski definition) is 1. The molecular formula is C24H26BrNO4. The fraction of sp³-hybridized carbons (Fsp3) is 0.375. The number of phenolic OH excluding ortho intramolecular Hbond substituents is 1. The molecule has 1 unspecified atom stereocenters. The average molecular weight is 472 g/mol. The van der Waals surface area contributed by atoms with Gasteiger partial charge in [0.1, 0.15) is 17.2 Å². The van der Waals surface area contributed by atoms with E-state index >= 15 is 0 Å². The number of hydrogen-bond acceptors (Lipinski definition) is 5. The number of Topliss-reactive ketones (excluding diaryl/α,β-unsaturated/α-hetero) is 1. The van der Waals surface area contributed by atoms with Crippen LogP contribution in [0.2, 0.25) is 0 Å². The van der Waals surface area contributed by atoms with Gasteiger partial charge in [-0.3, -0.25) is 9.69 Å². The summed E-state index contributed by atoms with van der Waals surface area (Å²) in [5, 5.41) is 10.7. The van der Waals surface area contributed by atoms with E-state index in [1.54, 1.807) is 19.3 Å². The van der Waals surface area contributed by atoms with Gasteiger partial charge in [0.05, 0.1) is 18.2 Å². The lowest BCUT2D eigenvalue weighted by molar-refractivity contribution is 0.101. The maximum absolute atomic E-state index is 13.2. The Morgan fingerprint density at radius 1 is 1.33 bits per heavy atom. The zero-order valence-electron chi connectivity index (χ0n) is 17.5. The van der Waals surface area contributed by atoms with Gasteiger partial charge in [-0.1, -0.05) is 22.4 Å². The first-order valence-corrected chi connectivity index (χ1v) is 11.1. The maximum Gasteiger partial charge on any atom is 0.232 e. The normalized spacial score (nSPS) is 20.3. The number of likely N-dealkylation sites (tertiary alicyclic amines) is 1. The number of methoxy groups -OCH3 is 1. The lowest BCUT2D eigenvalue weighted by atomic mass is 9.97. The fourth-order valence-corrected chi connectivity index (χ4v) is 4.67. The molecule has 4 rings (SSSR count). The molecule has 1 fully saturated rings. The number of ether oxygens (including phenoxy) is 2. The molecule has 2 aromatic rings. The Hall–Kier alpha value is -2.31.